The number of hydrogen-bond donors (Lipinski definition) is 2. The molecule has 24 heavy (non-hydrogen) atoms. The quantitative estimate of drug-likeness (QED) is 0.711. The molecule has 0 radical (unpaired) electrons. The summed E-state index contributed by atoms with van der Waals surface area (Å²) in [5.74, 6) is -0.595. The number of benzene rings is 2. The SMILES string of the molecule is O=C(Nc1ccc(Cl)cc1)c1cncc(Nc2ccc(F)cc2)c1. The molecule has 3 rings (SSSR count). The largest absolute Gasteiger partial charge is 0.354 e. The molecule has 6 heteroatoms. The van der Waals surface area contributed by atoms with Crippen LogP contribution in [0, 0.1) is 5.82 Å². The van der Waals surface area contributed by atoms with Gasteiger partial charge in [0.05, 0.1) is 17.4 Å². The molecule has 1 heterocycles. The molecule has 3 aromatic rings. The standard InChI is InChI=1S/C18H13ClFN3O/c19-13-1-5-16(6-2-13)23-18(24)12-9-17(11-21-10-12)22-15-7-3-14(20)4-8-15/h1-11,22H,(H,23,24). The van der Waals surface area contributed by atoms with Crippen LogP contribution >= 0.6 is 11.6 Å². The predicted octanol–water partition coefficient (Wildman–Crippen LogP) is 4.87. The van der Waals surface area contributed by atoms with E-state index in [2.05, 4.69) is 15.6 Å². The van der Waals surface area contributed by atoms with Crippen LogP contribution in [-0.2, 0) is 0 Å². The number of carbonyl (C=O) groups excluding carboxylic acids is 1. The first-order valence-corrected chi connectivity index (χ1v) is 7.52. The third-order valence-corrected chi connectivity index (χ3v) is 3.49. The fourth-order valence-corrected chi connectivity index (χ4v) is 2.19. The van der Waals surface area contributed by atoms with E-state index in [1.54, 1.807) is 48.7 Å². The summed E-state index contributed by atoms with van der Waals surface area (Å²) < 4.78 is 12.9. The summed E-state index contributed by atoms with van der Waals surface area (Å²) in [6.45, 7) is 0. The lowest BCUT2D eigenvalue weighted by Crippen LogP contribution is -2.12. The first-order chi connectivity index (χ1) is 11.6. The monoisotopic (exact) mass is 341 g/mol. The number of rotatable bonds is 4. The van der Waals surface area contributed by atoms with Crippen molar-refractivity contribution in [3.8, 4) is 0 Å². The van der Waals surface area contributed by atoms with Crippen LogP contribution in [-0.4, -0.2) is 10.9 Å². The molecule has 120 valence electrons. The second kappa shape index (κ2) is 7.10. The molecule has 0 spiro atoms. The number of nitrogens with one attached hydrogen (secondary N) is 2. The van der Waals surface area contributed by atoms with Gasteiger partial charge < -0.3 is 10.6 Å². The summed E-state index contributed by atoms with van der Waals surface area (Å²) in [5, 5.41) is 6.44. The van der Waals surface area contributed by atoms with E-state index in [1.165, 1.54) is 18.3 Å². The number of nitrogens with zero attached hydrogens (tertiary/aromatic N) is 1. The van der Waals surface area contributed by atoms with Gasteiger partial charge in [-0.3, -0.25) is 9.78 Å². The van der Waals surface area contributed by atoms with Crippen molar-refractivity contribution in [2.24, 2.45) is 0 Å². The van der Waals surface area contributed by atoms with E-state index < -0.39 is 0 Å². The van der Waals surface area contributed by atoms with Gasteiger partial charge in [0.15, 0.2) is 0 Å². The zero-order valence-corrected chi connectivity index (χ0v) is 13.2. The maximum Gasteiger partial charge on any atom is 0.257 e. The van der Waals surface area contributed by atoms with Crippen LogP contribution in [0.5, 0.6) is 0 Å². The van der Waals surface area contributed by atoms with Crippen molar-refractivity contribution in [3.63, 3.8) is 0 Å². The Morgan fingerprint density at radius 3 is 2.29 bits per heavy atom. The molecule has 2 N–H and O–H groups in total. The van der Waals surface area contributed by atoms with E-state index in [0.717, 1.165) is 0 Å². The van der Waals surface area contributed by atoms with Crippen molar-refractivity contribution in [2.75, 3.05) is 10.6 Å². The van der Waals surface area contributed by atoms with Gasteiger partial charge in [-0.05, 0) is 54.6 Å². The summed E-state index contributed by atoms with van der Waals surface area (Å²) in [6, 6.07) is 14.4. The minimum atomic E-state index is -0.310. The number of anilines is 3. The molecular formula is C18H13ClFN3O. The van der Waals surface area contributed by atoms with E-state index in [4.69, 9.17) is 11.6 Å². The van der Waals surface area contributed by atoms with Gasteiger partial charge in [-0.25, -0.2) is 4.39 Å². The summed E-state index contributed by atoms with van der Waals surface area (Å²) in [5.41, 5.74) is 2.37. The molecule has 0 saturated heterocycles. The van der Waals surface area contributed by atoms with Crippen molar-refractivity contribution in [2.45, 2.75) is 0 Å². The maximum absolute atomic E-state index is 12.9. The van der Waals surface area contributed by atoms with E-state index in [0.29, 0.717) is 27.6 Å². The lowest BCUT2D eigenvalue weighted by molar-refractivity contribution is 0.102. The third kappa shape index (κ3) is 4.08. The molecule has 0 aliphatic rings. The van der Waals surface area contributed by atoms with Crippen LogP contribution in [0.4, 0.5) is 21.5 Å². The van der Waals surface area contributed by atoms with Crippen LogP contribution in [0.25, 0.3) is 0 Å². The Labute approximate surface area is 143 Å². The van der Waals surface area contributed by atoms with Gasteiger partial charge >= 0.3 is 0 Å². The minimum absolute atomic E-state index is 0.285. The lowest BCUT2D eigenvalue weighted by atomic mass is 10.2. The van der Waals surface area contributed by atoms with Gasteiger partial charge in [0.1, 0.15) is 5.82 Å². The molecule has 0 fully saturated rings. The van der Waals surface area contributed by atoms with E-state index in [1.807, 2.05) is 0 Å². The highest BCUT2D eigenvalue weighted by molar-refractivity contribution is 6.30. The molecule has 4 nitrogen and oxygen atoms in total. The molecule has 0 atom stereocenters. The highest BCUT2D eigenvalue weighted by Crippen LogP contribution is 2.18. The van der Waals surface area contributed by atoms with Gasteiger partial charge in [0, 0.05) is 22.6 Å². The van der Waals surface area contributed by atoms with Crippen LogP contribution in [0.2, 0.25) is 5.02 Å². The molecule has 0 unspecified atom stereocenters. The van der Waals surface area contributed by atoms with Crippen molar-refractivity contribution >= 4 is 34.6 Å². The first kappa shape index (κ1) is 16.0. The Balaban J connectivity index is 1.73. The smallest absolute Gasteiger partial charge is 0.257 e. The zero-order valence-electron chi connectivity index (χ0n) is 12.5. The van der Waals surface area contributed by atoms with Crippen molar-refractivity contribution in [1.82, 2.24) is 4.98 Å². The fraction of sp³-hybridized carbons (Fsp3) is 0. The van der Waals surface area contributed by atoms with Gasteiger partial charge in [-0.15, -0.1) is 0 Å². The van der Waals surface area contributed by atoms with Gasteiger partial charge in [-0.1, -0.05) is 11.6 Å². The molecule has 0 bridgehead atoms. The Morgan fingerprint density at radius 2 is 1.58 bits per heavy atom. The maximum atomic E-state index is 12.9. The van der Waals surface area contributed by atoms with E-state index in [9.17, 15) is 9.18 Å². The topological polar surface area (TPSA) is 54.0 Å². The number of halogens is 2. The van der Waals surface area contributed by atoms with Crippen molar-refractivity contribution in [3.05, 3.63) is 83.4 Å². The molecule has 2 aromatic carbocycles. The minimum Gasteiger partial charge on any atom is -0.354 e. The Kier molecular flexibility index (Phi) is 4.72. The molecule has 1 amide bonds. The summed E-state index contributed by atoms with van der Waals surface area (Å²) in [6.07, 6.45) is 3.06. The normalized spacial score (nSPS) is 10.2. The third-order valence-electron chi connectivity index (χ3n) is 3.24. The number of hydrogen-bond acceptors (Lipinski definition) is 3. The van der Waals surface area contributed by atoms with Crippen LogP contribution < -0.4 is 10.6 Å². The Morgan fingerprint density at radius 1 is 0.917 bits per heavy atom. The highest BCUT2D eigenvalue weighted by atomic mass is 35.5. The predicted molar refractivity (Wildman–Crippen MR) is 93.3 cm³/mol. The zero-order chi connectivity index (χ0) is 16.9. The molecule has 0 aliphatic heterocycles. The average Bonchev–Trinajstić information content (AvgIpc) is 2.59. The van der Waals surface area contributed by atoms with Crippen LogP contribution in [0.1, 0.15) is 10.4 Å². The Bertz CT molecular complexity index is 851. The fourth-order valence-electron chi connectivity index (χ4n) is 2.07. The number of pyridine rings is 1. The summed E-state index contributed by atoms with van der Waals surface area (Å²) in [7, 11) is 0. The second-order valence-electron chi connectivity index (χ2n) is 5.06. The first-order valence-electron chi connectivity index (χ1n) is 7.15. The number of amides is 1. The van der Waals surface area contributed by atoms with Crippen LogP contribution in [0.3, 0.4) is 0 Å². The number of carbonyl (C=O) groups is 1. The molecule has 0 saturated carbocycles. The van der Waals surface area contributed by atoms with Crippen LogP contribution in [0.15, 0.2) is 67.0 Å². The molecular weight excluding hydrogens is 329 g/mol. The summed E-state index contributed by atoms with van der Waals surface area (Å²) >= 11 is 5.82. The van der Waals surface area contributed by atoms with Gasteiger partial charge in [-0.2, -0.15) is 0 Å². The Hall–Kier alpha value is -2.92. The lowest BCUT2D eigenvalue weighted by Gasteiger charge is -2.09. The molecule has 1 aromatic heterocycles. The van der Waals surface area contributed by atoms with E-state index in [-0.39, 0.29) is 11.7 Å². The van der Waals surface area contributed by atoms with Crippen molar-refractivity contribution in [1.29, 1.82) is 0 Å². The van der Waals surface area contributed by atoms with E-state index >= 15 is 0 Å². The number of aromatic nitrogens is 1. The van der Waals surface area contributed by atoms with Crippen molar-refractivity contribution < 1.29 is 9.18 Å². The van der Waals surface area contributed by atoms with Gasteiger partial charge in [0.25, 0.3) is 5.91 Å². The highest BCUT2D eigenvalue weighted by Gasteiger charge is 2.08. The average molecular weight is 342 g/mol. The summed E-state index contributed by atoms with van der Waals surface area (Å²) in [4.78, 5) is 16.3. The second-order valence-corrected chi connectivity index (χ2v) is 5.49. The molecule has 0 aliphatic carbocycles. The van der Waals surface area contributed by atoms with Gasteiger partial charge in [0.2, 0.25) is 0 Å².